The van der Waals surface area contributed by atoms with E-state index < -0.39 is 5.91 Å². The Labute approximate surface area is 153 Å². The van der Waals surface area contributed by atoms with Gasteiger partial charge in [-0.3, -0.25) is 24.4 Å². The SMILES string of the molecule is CNC(=O)c1cc2c(=O)n3ccccc3nc2n(Cc2ccncc2)c1=N. The van der Waals surface area contributed by atoms with E-state index in [1.165, 1.54) is 17.5 Å². The fourth-order valence-corrected chi connectivity index (χ4v) is 3.02. The molecule has 0 radical (unpaired) electrons. The Morgan fingerprint density at radius 1 is 1.22 bits per heavy atom. The largest absolute Gasteiger partial charge is 0.355 e. The van der Waals surface area contributed by atoms with Crippen LogP contribution in [0.5, 0.6) is 0 Å². The number of carbonyl (C=O) groups is 1. The molecule has 4 heterocycles. The van der Waals surface area contributed by atoms with Crippen LogP contribution in [0.1, 0.15) is 15.9 Å². The van der Waals surface area contributed by atoms with Gasteiger partial charge in [0.25, 0.3) is 11.5 Å². The number of pyridine rings is 3. The molecule has 0 aromatic carbocycles. The molecule has 4 aromatic rings. The second kappa shape index (κ2) is 6.49. The van der Waals surface area contributed by atoms with Crippen molar-refractivity contribution in [2.24, 2.45) is 0 Å². The van der Waals surface area contributed by atoms with Gasteiger partial charge >= 0.3 is 0 Å². The van der Waals surface area contributed by atoms with Crippen molar-refractivity contribution in [1.82, 2.24) is 24.3 Å². The van der Waals surface area contributed by atoms with E-state index in [2.05, 4.69) is 15.3 Å². The van der Waals surface area contributed by atoms with Crippen molar-refractivity contribution < 1.29 is 4.79 Å². The summed E-state index contributed by atoms with van der Waals surface area (Å²) in [5, 5.41) is 11.3. The molecular formula is C19H16N6O2. The van der Waals surface area contributed by atoms with E-state index in [0.29, 0.717) is 11.3 Å². The van der Waals surface area contributed by atoms with Gasteiger partial charge in [0.05, 0.1) is 17.5 Å². The number of hydrogen-bond donors (Lipinski definition) is 2. The molecule has 0 saturated carbocycles. The quantitative estimate of drug-likeness (QED) is 0.530. The fourth-order valence-electron chi connectivity index (χ4n) is 3.02. The first-order valence-electron chi connectivity index (χ1n) is 8.30. The Bertz CT molecular complexity index is 1290. The molecule has 0 atom stereocenters. The maximum atomic E-state index is 13.0. The van der Waals surface area contributed by atoms with Crippen molar-refractivity contribution in [2.45, 2.75) is 6.54 Å². The summed E-state index contributed by atoms with van der Waals surface area (Å²) in [5.74, 6) is -0.428. The van der Waals surface area contributed by atoms with E-state index in [4.69, 9.17) is 5.41 Å². The highest BCUT2D eigenvalue weighted by Crippen LogP contribution is 2.12. The molecule has 2 N–H and O–H groups in total. The van der Waals surface area contributed by atoms with Crippen LogP contribution in [-0.2, 0) is 6.54 Å². The molecule has 0 bridgehead atoms. The molecule has 0 spiro atoms. The van der Waals surface area contributed by atoms with Gasteiger partial charge in [0, 0.05) is 25.6 Å². The number of amides is 1. The monoisotopic (exact) mass is 360 g/mol. The lowest BCUT2D eigenvalue weighted by molar-refractivity contribution is 0.0960. The van der Waals surface area contributed by atoms with E-state index >= 15 is 0 Å². The number of nitrogens with one attached hydrogen (secondary N) is 2. The summed E-state index contributed by atoms with van der Waals surface area (Å²) in [7, 11) is 1.49. The van der Waals surface area contributed by atoms with Crippen LogP contribution in [0.25, 0.3) is 16.7 Å². The Morgan fingerprint density at radius 2 is 2.00 bits per heavy atom. The molecule has 134 valence electrons. The summed E-state index contributed by atoms with van der Waals surface area (Å²) in [5.41, 5.74) is 1.55. The Morgan fingerprint density at radius 3 is 2.74 bits per heavy atom. The highest BCUT2D eigenvalue weighted by atomic mass is 16.1. The second-order valence-electron chi connectivity index (χ2n) is 6.01. The van der Waals surface area contributed by atoms with E-state index in [0.717, 1.165) is 5.56 Å². The Hall–Kier alpha value is -3.81. The maximum absolute atomic E-state index is 13.0. The van der Waals surface area contributed by atoms with Crippen molar-refractivity contribution in [1.29, 1.82) is 5.41 Å². The Kier molecular flexibility index (Phi) is 4.00. The minimum atomic E-state index is -0.428. The predicted molar refractivity (Wildman–Crippen MR) is 99.5 cm³/mol. The predicted octanol–water partition coefficient (Wildman–Crippen LogP) is 0.932. The van der Waals surface area contributed by atoms with Crippen LogP contribution in [0.15, 0.2) is 59.8 Å². The number of nitrogens with zero attached hydrogens (tertiary/aromatic N) is 4. The third kappa shape index (κ3) is 2.77. The second-order valence-corrected chi connectivity index (χ2v) is 6.01. The lowest BCUT2D eigenvalue weighted by atomic mass is 10.1. The normalized spacial score (nSPS) is 11.0. The average Bonchev–Trinajstić information content (AvgIpc) is 2.70. The lowest BCUT2D eigenvalue weighted by Crippen LogP contribution is -2.34. The van der Waals surface area contributed by atoms with Crippen molar-refractivity contribution in [3.05, 3.63) is 82.0 Å². The van der Waals surface area contributed by atoms with E-state index in [-0.39, 0.29) is 28.5 Å². The van der Waals surface area contributed by atoms with Gasteiger partial charge in [-0.15, -0.1) is 0 Å². The summed E-state index contributed by atoms with van der Waals surface area (Å²) in [6.45, 7) is 0.290. The minimum absolute atomic E-state index is 0.00848. The molecule has 8 nitrogen and oxygen atoms in total. The number of carbonyl (C=O) groups excluding carboxylic acids is 1. The summed E-state index contributed by atoms with van der Waals surface area (Å²) in [4.78, 5) is 33.8. The van der Waals surface area contributed by atoms with Crippen LogP contribution in [0.2, 0.25) is 0 Å². The molecular weight excluding hydrogens is 344 g/mol. The van der Waals surface area contributed by atoms with Gasteiger partial charge in [-0.25, -0.2) is 4.98 Å². The van der Waals surface area contributed by atoms with Crippen molar-refractivity contribution >= 4 is 22.6 Å². The van der Waals surface area contributed by atoms with Crippen LogP contribution in [0.4, 0.5) is 0 Å². The summed E-state index contributed by atoms with van der Waals surface area (Å²) >= 11 is 0. The van der Waals surface area contributed by atoms with Crippen LogP contribution < -0.4 is 16.4 Å². The van der Waals surface area contributed by atoms with E-state index in [1.807, 2.05) is 12.1 Å². The smallest absolute Gasteiger partial charge is 0.267 e. The number of aromatic nitrogens is 4. The van der Waals surface area contributed by atoms with Gasteiger partial charge in [0.15, 0.2) is 0 Å². The zero-order valence-corrected chi connectivity index (χ0v) is 14.5. The molecule has 4 aromatic heterocycles. The minimum Gasteiger partial charge on any atom is -0.355 e. The molecule has 0 aliphatic carbocycles. The van der Waals surface area contributed by atoms with Gasteiger partial charge in [0.2, 0.25) is 0 Å². The summed E-state index contributed by atoms with van der Waals surface area (Å²) in [6.07, 6.45) is 4.94. The van der Waals surface area contributed by atoms with Gasteiger partial charge in [0.1, 0.15) is 16.8 Å². The zero-order valence-electron chi connectivity index (χ0n) is 14.5. The molecule has 0 saturated heterocycles. The molecule has 27 heavy (non-hydrogen) atoms. The number of fused-ring (bicyclic) bond motifs is 2. The van der Waals surface area contributed by atoms with Crippen LogP contribution in [0.3, 0.4) is 0 Å². The molecule has 4 rings (SSSR count). The molecule has 8 heteroatoms. The average molecular weight is 360 g/mol. The zero-order chi connectivity index (χ0) is 19.0. The van der Waals surface area contributed by atoms with Gasteiger partial charge in [-0.2, -0.15) is 0 Å². The van der Waals surface area contributed by atoms with Crippen molar-refractivity contribution in [3.63, 3.8) is 0 Å². The standard InChI is InChI=1S/C19H16N6O2/c1-21-18(26)13-10-14-17(23-15-4-2-3-9-24(15)19(14)27)25(16(13)20)11-12-5-7-22-8-6-12/h2-10,20H,11H2,1H3,(H,21,26). The highest BCUT2D eigenvalue weighted by Gasteiger charge is 2.16. The first-order chi connectivity index (χ1) is 13.1. The Balaban J connectivity index is 2.11. The van der Waals surface area contributed by atoms with Gasteiger partial charge in [-0.05, 0) is 35.9 Å². The molecule has 1 amide bonds. The van der Waals surface area contributed by atoms with Crippen LogP contribution in [-0.4, -0.2) is 31.9 Å². The summed E-state index contributed by atoms with van der Waals surface area (Å²) < 4.78 is 3.00. The van der Waals surface area contributed by atoms with Gasteiger partial charge < -0.3 is 9.88 Å². The number of hydrogen-bond acceptors (Lipinski definition) is 5. The summed E-state index contributed by atoms with van der Waals surface area (Å²) in [6, 6.07) is 10.3. The maximum Gasteiger partial charge on any atom is 0.267 e. The first-order valence-corrected chi connectivity index (χ1v) is 8.30. The molecule has 0 unspecified atom stereocenters. The fraction of sp³-hybridized carbons (Fsp3) is 0.105. The van der Waals surface area contributed by atoms with E-state index in [1.54, 1.807) is 41.4 Å². The first kappa shape index (κ1) is 16.6. The lowest BCUT2D eigenvalue weighted by Gasteiger charge is -2.14. The van der Waals surface area contributed by atoms with Gasteiger partial charge in [-0.1, -0.05) is 6.07 Å². The van der Waals surface area contributed by atoms with Crippen molar-refractivity contribution in [3.8, 4) is 0 Å². The van der Waals surface area contributed by atoms with Crippen LogP contribution >= 0.6 is 0 Å². The topological polar surface area (TPSA) is 105 Å². The third-order valence-electron chi connectivity index (χ3n) is 4.38. The number of rotatable bonds is 3. The third-order valence-corrected chi connectivity index (χ3v) is 4.38. The molecule has 0 aliphatic rings. The highest BCUT2D eigenvalue weighted by molar-refractivity contribution is 5.96. The molecule has 0 fully saturated rings. The van der Waals surface area contributed by atoms with E-state index in [9.17, 15) is 9.59 Å². The van der Waals surface area contributed by atoms with Crippen molar-refractivity contribution in [2.75, 3.05) is 7.05 Å². The van der Waals surface area contributed by atoms with Crippen LogP contribution in [0, 0.1) is 5.41 Å². The molecule has 0 aliphatic heterocycles.